The lowest BCUT2D eigenvalue weighted by Gasteiger charge is -2.17. The largest absolute Gasteiger partial charge is 0.358 e. The normalized spacial score (nSPS) is 11.2. The quantitative estimate of drug-likeness (QED) is 0.515. The van der Waals surface area contributed by atoms with E-state index in [9.17, 15) is 4.39 Å². The third-order valence-electron chi connectivity index (χ3n) is 4.18. The smallest absolute Gasteiger partial charge is 0.123 e. The number of fused-ring (bicyclic) bond motifs is 1. The van der Waals surface area contributed by atoms with Gasteiger partial charge in [0.15, 0.2) is 0 Å². The van der Waals surface area contributed by atoms with Crippen molar-refractivity contribution < 1.29 is 4.39 Å². The van der Waals surface area contributed by atoms with Crippen molar-refractivity contribution in [3.8, 4) is 0 Å². The van der Waals surface area contributed by atoms with Crippen molar-refractivity contribution in [3.05, 3.63) is 108 Å². The number of aromatic nitrogens is 1. The van der Waals surface area contributed by atoms with E-state index in [4.69, 9.17) is 0 Å². The molecule has 0 radical (unpaired) electrons. The van der Waals surface area contributed by atoms with Gasteiger partial charge in [0.2, 0.25) is 0 Å². The first-order chi connectivity index (χ1) is 11.3. The predicted octanol–water partition coefficient (Wildman–Crippen LogP) is 5.49. The zero-order chi connectivity index (χ0) is 15.6. The lowest BCUT2D eigenvalue weighted by atomic mass is 9.88. The summed E-state index contributed by atoms with van der Waals surface area (Å²) in [5.41, 5.74) is 4.46. The van der Waals surface area contributed by atoms with Gasteiger partial charge in [0, 0.05) is 22.5 Å². The first-order valence-electron chi connectivity index (χ1n) is 7.69. The molecular weight excluding hydrogens is 285 g/mol. The zero-order valence-electron chi connectivity index (χ0n) is 12.5. The van der Waals surface area contributed by atoms with E-state index in [1.165, 1.54) is 17.2 Å². The zero-order valence-corrected chi connectivity index (χ0v) is 12.5. The Morgan fingerprint density at radius 2 is 1.30 bits per heavy atom. The van der Waals surface area contributed by atoms with Gasteiger partial charge in [-0.2, -0.15) is 0 Å². The van der Waals surface area contributed by atoms with Crippen molar-refractivity contribution in [2.75, 3.05) is 0 Å². The first kappa shape index (κ1) is 13.8. The van der Waals surface area contributed by atoms with Gasteiger partial charge in [-0.25, -0.2) is 4.39 Å². The molecule has 0 aliphatic carbocycles. The summed E-state index contributed by atoms with van der Waals surface area (Å²) in [4.78, 5) is 3.45. The molecule has 0 unspecified atom stereocenters. The molecule has 3 aromatic carbocycles. The van der Waals surface area contributed by atoms with E-state index < -0.39 is 0 Å². The van der Waals surface area contributed by atoms with E-state index in [-0.39, 0.29) is 11.7 Å². The molecule has 23 heavy (non-hydrogen) atoms. The molecule has 0 aliphatic heterocycles. The second-order valence-electron chi connectivity index (χ2n) is 5.71. The number of hydrogen-bond acceptors (Lipinski definition) is 0. The van der Waals surface area contributed by atoms with Gasteiger partial charge in [-0.3, -0.25) is 0 Å². The number of rotatable bonds is 3. The summed E-state index contributed by atoms with van der Waals surface area (Å²) in [5.74, 6) is -0.105. The summed E-state index contributed by atoms with van der Waals surface area (Å²) in [5, 5.41) is 0.900. The Labute approximate surface area is 134 Å². The van der Waals surface area contributed by atoms with Crippen LogP contribution in [0.2, 0.25) is 0 Å². The number of halogens is 1. The van der Waals surface area contributed by atoms with E-state index in [2.05, 4.69) is 29.2 Å². The third-order valence-corrected chi connectivity index (χ3v) is 4.18. The lowest BCUT2D eigenvalue weighted by molar-refractivity contribution is 0.630. The molecule has 0 fully saturated rings. The fourth-order valence-electron chi connectivity index (χ4n) is 3.12. The highest BCUT2D eigenvalue weighted by atomic mass is 19.1. The average molecular weight is 301 g/mol. The van der Waals surface area contributed by atoms with Crippen LogP contribution in [-0.2, 0) is 0 Å². The molecule has 0 spiro atoms. The Bertz CT molecular complexity index is 886. The number of benzene rings is 3. The predicted molar refractivity (Wildman–Crippen MR) is 92.1 cm³/mol. The Hall–Kier alpha value is -2.87. The van der Waals surface area contributed by atoms with Crippen LogP contribution in [0.5, 0.6) is 0 Å². The van der Waals surface area contributed by atoms with Crippen LogP contribution in [0.4, 0.5) is 4.39 Å². The molecule has 1 heterocycles. The second kappa shape index (κ2) is 5.73. The minimum absolute atomic E-state index is 0.105. The molecule has 4 aromatic rings. The van der Waals surface area contributed by atoms with Gasteiger partial charge in [0.05, 0.1) is 0 Å². The molecule has 0 bridgehead atoms. The Balaban J connectivity index is 1.90. The maximum atomic E-state index is 13.5. The van der Waals surface area contributed by atoms with E-state index in [1.807, 2.05) is 42.5 Å². The summed E-state index contributed by atoms with van der Waals surface area (Å²) in [6.07, 6.45) is 0. The molecule has 0 saturated carbocycles. The van der Waals surface area contributed by atoms with E-state index in [1.54, 1.807) is 12.1 Å². The molecule has 112 valence electrons. The maximum absolute atomic E-state index is 13.5. The van der Waals surface area contributed by atoms with Crippen LogP contribution in [0.15, 0.2) is 84.9 Å². The molecule has 0 amide bonds. The molecule has 2 heteroatoms. The maximum Gasteiger partial charge on any atom is 0.123 e. The molecule has 0 saturated heterocycles. The van der Waals surface area contributed by atoms with Crippen molar-refractivity contribution in [1.82, 2.24) is 4.98 Å². The van der Waals surface area contributed by atoms with Gasteiger partial charge in [-0.1, -0.05) is 60.7 Å². The minimum Gasteiger partial charge on any atom is -0.358 e. The molecule has 1 aromatic heterocycles. The summed E-state index contributed by atoms with van der Waals surface area (Å²) < 4.78 is 13.5. The first-order valence-corrected chi connectivity index (χ1v) is 7.69. The monoisotopic (exact) mass is 301 g/mol. The molecule has 0 aliphatic rings. The van der Waals surface area contributed by atoms with Crippen molar-refractivity contribution in [2.24, 2.45) is 0 Å². The van der Waals surface area contributed by atoms with Crippen LogP contribution >= 0.6 is 0 Å². The van der Waals surface area contributed by atoms with Crippen LogP contribution in [0.1, 0.15) is 22.7 Å². The highest BCUT2D eigenvalue weighted by Crippen LogP contribution is 2.33. The fraction of sp³-hybridized carbons (Fsp3) is 0.0476. The van der Waals surface area contributed by atoms with Gasteiger partial charge in [-0.05, 0) is 35.4 Å². The highest BCUT2D eigenvalue weighted by molar-refractivity contribution is 5.81. The Morgan fingerprint density at radius 1 is 0.696 bits per heavy atom. The molecular formula is C21H16FN. The summed E-state index contributed by atoms with van der Waals surface area (Å²) >= 11 is 0. The van der Waals surface area contributed by atoms with Crippen molar-refractivity contribution in [3.63, 3.8) is 0 Å². The number of nitrogens with one attached hydrogen (secondary N) is 1. The van der Waals surface area contributed by atoms with Gasteiger partial charge < -0.3 is 4.98 Å². The number of H-pyrrole nitrogens is 1. The van der Waals surface area contributed by atoms with E-state index in [0.29, 0.717) is 0 Å². The van der Waals surface area contributed by atoms with Gasteiger partial charge in [0.25, 0.3) is 0 Å². The fourth-order valence-corrected chi connectivity index (χ4v) is 3.12. The van der Waals surface area contributed by atoms with Crippen LogP contribution in [0, 0.1) is 5.82 Å². The van der Waals surface area contributed by atoms with Gasteiger partial charge >= 0.3 is 0 Å². The average Bonchev–Trinajstić information content (AvgIpc) is 2.99. The van der Waals surface area contributed by atoms with Crippen LogP contribution < -0.4 is 0 Å². The van der Waals surface area contributed by atoms with Crippen LogP contribution in [0.25, 0.3) is 10.9 Å². The van der Waals surface area contributed by atoms with Gasteiger partial charge in [-0.15, -0.1) is 0 Å². The van der Waals surface area contributed by atoms with Gasteiger partial charge in [0.1, 0.15) is 5.82 Å². The highest BCUT2D eigenvalue weighted by Gasteiger charge is 2.18. The topological polar surface area (TPSA) is 15.8 Å². The van der Waals surface area contributed by atoms with Crippen LogP contribution in [-0.4, -0.2) is 4.98 Å². The summed E-state index contributed by atoms with van der Waals surface area (Å²) in [6, 6.07) is 27.6. The third kappa shape index (κ3) is 2.64. The Morgan fingerprint density at radius 3 is 1.91 bits per heavy atom. The number of hydrogen-bond donors (Lipinski definition) is 1. The Kier molecular flexibility index (Phi) is 3.43. The summed E-state index contributed by atoms with van der Waals surface area (Å²) in [6.45, 7) is 0. The van der Waals surface area contributed by atoms with Crippen LogP contribution in [0.3, 0.4) is 0 Å². The minimum atomic E-state index is -0.209. The molecule has 0 atom stereocenters. The van der Waals surface area contributed by atoms with Crippen molar-refractivity contribution in [1.29, 1.82) is 0 Å². The lowest BCUT2D eigenvalue weighted by Crippen LogP contribution is -2.03. The summed E-state index contributed by atoms with van der Waals surface area (Å²) in [7, 11) is 0. The number of aromatic amines is 1. The molecule has 4 rings (SSSR count). The SMILES string of the molecule is Fc1ccc2[nH]c(C(c3ccccc3)c3ccccc3)cc2c1. The second-order valence-corrected chi connectivity index (χ2v) is 5.71. The standard InChI is InChI=1S/C21H16FN/c22-18-11-12-19-17(13-18)14-20(23-19)21(15-7-3-1-4-8-15)16-9-5-2-6-10-16/h1-14,21,23H. The van der Waals surface area contributed by atoms with Crippen molar-refractivity contribution >= 4 is 10.9 Å². The molecule has 1 N–H and O–H groups in total. The van der Waals surface area contributed by atoms with Crippen molar-refractivity contribution in [2.45, 2.75) is 5.92 Å². The van der Waals surface area contributed by atoms with E-state index >= 15 is 0 Å². The van der Waals surface area contributed by atoms with E-state index in [0.717, 1.165) is 16.6 Å². The molecule has 1 nitrogen and oxygen atoms in total.